The fourth-order valence-electron chi connectivity index (χ4n) is 3.30. The van der Waals surface area contributed by atoms with Crippen LogP contribution in [0.2, 0.25) is 0 Å². The maximum atomic E-state index is 5.40. The molecule has 0 spiro atoms. The summed E-state index contributed by atoms with van der Waals surface area (Å²) in [6.07, 6.45) is 3.53. The van der Waals surface area contributed by atoms with Crippen LogP contribution in [0.5, 0.6) is 0 Å². The van der Waals surface area contributed by atoms with Gasteiger partial charge in [0.2, 0.25) is 0 Å². The molecule has 2 saturated heterocycles. The third-order valence-electron chi connectivity index (χ3n) is 4.86. The van der Waals surface area contributed by atoms with Gasteiger partial charge in [-0.15, -0.1) is 0 Å². The van der Waals surface area contributed by atoms with E-state index < -0.39 is 0 Å². The van der Waals surface area contributed by atoms with E-state index in [0.29, 0.717) is 0 Å². The molecule has 4 heterocycles. The number of morpholine rings is 2. The van der Waals surface area contributed by atoms with Gasteiger partial charge in [-0.3, -0.25) is 9.80 Å². The molecule has 2 aromatic heterocycles. The molecule has 0 saturated carbocycles. The minimum Gasteiger partial charge on any atom is -0.379 e. The summed E-state index contributed by atoms with van der Waals surface area (Å²) < 4.78 is 12.6. The zero-order valence-corrected chi connectivity index (χ0v) is 15.6. The van der Waals surface area contributed by atoms with Crippen LogP contribution in [0, 0.1) is 0 Å². The number of nitrogens with one attached hydrogen (secondary N) is 1. The first-order valence-electron chi connectivity index (χ1n) is 9.58. The van der Waals surface area contributed by atoms with Crippen molar-refractivity contribution in [2.45, 2.75) is 6.54 Å². The molecular formula is C18H27N7O2. The maximum Gasteiger partial charge on any atom is 0.158 e. The molecule has 2 aromatic rings. The molecule has 9 nitrogen and oxygen atoms in total. The van der Waals surface area contributed by atoms with Crippen molar-refractivity contribution in [2.75, 3.05) is 71.0 Å². The van der Waals surface area contributed by atoms with E-state index in [0.717, 1.165) is 89.6 Å². The van der Waals surface area contributed by atoms with E-state index in [9.17, 15) is 0 Å². The fraction of sp³-hybridized carbons (Fsp3) is 0.611. The molecule has 27 heavy (non-hydrogen) atoms. The highest BCUT2D eigenvalue weighted by atomic mass is 16.5. The summed E-state index contributed by atoms with van der Waals surface area (Å²) in [5.74, 6) is 1.59. The highest BCUT2D eigenvalue weighted by Gasteiger charge is 2.13. The molecule has 0 unspecified atom stereocenters. The second-order valence-corrected chi connectivity index (χ2v) is 6.78. The summed E-state index contributed by atoms with van der Waals surface area (Å²) in [5.41, 5.74) is 1.04. The zero-order valence-electron chi connectivity index (χ0n) is 15.6. The van der Waals surface area contributed by atoms with E-state index in [1.807, 2.05) is 23.0 Å². The predicted molar refractivity (Wildman–Crippen MR) is 101 cm³/mol. The zero-order chi connectivity index (χ0) is 18.3. The Labute approximate surface area is 159 Å². The molecule has 2 aliphatic rings. The average Bonchev–Trinajstić information content (AvgIpc) is 3.18. The van der Waals surface area contributed by atoms with Gasteiger partial charge >= 0.3 is 0 Å². The smallest absolute Gasteiger partial charge is 0.158 e. The topological polar surface area (TPSA) is 80.6 Å². The molecule has 0 bridgehead atoms. The lowest BCUT2D eigenvalue weighted by Gasteiger charge is -2.26. The van der Waals surface area contributed by atoms with E-state index in [1.165, 1.54) is 0 Å². The van der Waals surface area contributed by atoms with Gasteiger partial charge in [-0.1, -0.05) is 0 Å². The van der Waals surface area contributed by atoms with Gasteiger partial charge in [0.1, 0.15) is 12.1 Å². The Hall–Kier alpha value is -2.07. The molecule has 9 heteroatoms. The highest BCUT2D eigenvalue weighted by Crippen LogP contribution is 2.11. The van der Waals surface area contributed by atoms with Crippen molar-refractivity contribution in [3.05, 3.63) is 30.4 Å². The minimum atomic E-state index is 0.770. The monoisotopic (exact) mass is 373 g/mol. The van der Waals surface area contributed by atoms with Crippen LogP contribution in [-0.2, 0) is 16.0 Å². The van der Waals surface area contributed by atoms with Gasteiger partial charge in [0.15, 0.2) is 5.82 Å². The lowest BCUT2D eigenvalue weighted by Crippen LogP contribution is -2.39. The quantitative estimate of drug-likeness (QED) is 0.739. The van der Waals surface area contributed by atoms with E-state index in [1.54, 1.807) is 6.33 Å². The van der Waals surface area contributed by atoms with Crippen LogP contribution >= 0.6 is 0 Å². The van der Waals surface area contributed by atoms with Crippen molar-refractivity contribution >= 4 is 5.82 Å². The van der Waals surface area contributed by atoms with Crippen LogP contribution in [0.1, 0.15) is 5.69 Å². The van der Waals surface area contributed by atoms with E-state index in [2.05, 4.69) is 30.2 Å². The number of aromatic nitrogens is 4. The summed E-state index contributed by atoms with van der Waals surface area (Å²) in [4.78, 5) is 13.4. The Bertz CT molecular complexity index is 711. The minimum absolute atomic E-state index is 0.770. The third-order valence-corrected chi connectivity index (χ3v) is 4.86. The molecule has 0 aliphatic carbocycles. The fourth-order valence-corrected chi connectivity index (χ4v) is 3.30. The van der Waals surface area contributed by atoms with Gasteiger partial charge in [0, 0.05) is 58.1 Å². The number of hydrogen-bond donors (Lipinski definition) is 1. The Morgan fingerprint density at radius 3 is 2.48 bits per heavy atom. The SMILES string of the molecule is c1nc(NCCN2CCOCC2)cc(-n2ccc(CN3CCOCC3)n2)n1. The van der Waals surface area contributed by atoms with Crippen LogP contribution in [0.15, 0.2) is 24.7 Å². The van der Waals surface area contributed by atoms with Crippen LogP contribution in [0.4, 0.5) is 5.82 Å². The van der Waals surface area contributed by atoms with Crippen LogP contribution < -0.4 is 5.32 Å². The van der Waals surface area contributed by atoms with Crippen LogP contribution in [0.3, 0.4) is 0 Å². The maximum absolute atomic E-state index is 5.40. The molecule has 0 radical (unpaired) electrons. The first kappa shape index (κ1) is 18.3. The molecule has 0 amide bonds. The standard InChI is InChI=1S/C18H27N7O2/c1-3-25(22-16(1)14-24-7-11-27-12-8-24)18-13-17(20-15-21-18)19-2-4-23-5-9-26-10-6-23/h1,3,13,15H,2,4-12,14H2,(H,19,20,21). The number of anilines is 1. The number of ether oxygens (including phenoxy) is 2. The Kier molecular flexibility index (Phi) is 6.25. The van der Waals surface area contributed by atoms with Crippen LogP contribution in [-0.4, -0.2) is 95.2 Å². The van der Waals surface area contributed by atoms with E-state index in [4.69, 9.17) is 9.47 Å². The molecule has 2 aliphatic heterocycles. The highest BCUT2D eigenvalue weighted by molar-refractivity contribution is 5.40. The second-order valence-electron chi connectivity index (χ2n) is 6.78. The molecule has 4 rings (SSSR count). The van der Waals surface area contributed by atoms with Gasteiger partial charge < -0.3 is 14.8 Å². The van der Waals surface area contributed by atoms with Crippen LogP contribution in [0.25, 0.3) is 5.82 Å². The van der Waals surface area contributed by atoms with Crippen molar-refractivity contribution in [2.24, 2.45) is 0 Å². The summed E-state index contributed by atoms with van der Waals surface area (Å²) in [7, 11) is 0. The lowest BCUT2D eigenvalue weighted by atomic mass is 10.3. The van der Waals surface area contributed by atoms with Crippen molar-refractivity contribution in [3.63, 3.8) is 0 Å². The summed E-state index contributed by atoms with van der Waals surface area (Å²) >= 11 is 0. The number of hydrogen-bond acceptors (Lipinski definition) is 8. The van der Waals surface area contributed by atoms with Gasteiger partial charge in [0.05, 0.1) is 32.1 Å². The van der Waals surface area contributed by atoms with Crippen molar-refractivity contribution in [1.82, 2.24) is 29.5 Å². The van der Waals surface area contributed by atoms with Crippen molar-refractivity contribution in [1.29, 1.82) is 0 Å². The Morgan fingerprint density at radius 2 is 1.70 bits per heavy atom. The van der Waals surface area contributed by atoms with E-state index in [-0.39, 0.29) is 0 Å². The predicted octanol–water partition coefficient (Wildman–Crippen LogP) is 0.239. The van der Waals surface area contributed by atoms with Gasteiger partial charge in [-0.25, -0.2) is 14.6 Å². The molecule has 2 fully saturated rings. The number of rotatable bonds is 7. The Balaban J connectivity index is 1.31. The first-order valence-corrected chi connectivity index (χ1v) is 9.58. The molecule has 0 aromatic carbocycles. The van der Waals surface area contributed by atoms with E-state index >= 15 is 0 Å². The number of nitrogens with zero attached hydrogens (tertiary/aromatic N) is 6. The summed E-state index contributed by atoms with van der Waals surface area (Å²) in [6.45, 7) is 9.81. The van der Waals surface area contributed by atoms with Crippen molar-refractivity contribution < 1.29 is 9.47 Å². The largest absolute Gasteiger partial charge is 0.379 e. The normalized spacial score (nSPS) is 19.3. The average molecular weight is 373 g/mol. The van der Waals surface area contributed by atoms with Gasteiger partial charge in [0.25, 0.3) is 0 Å². The molecule has 0 atom stereocenters. The van der Waals surface area contributed by atoms with Crippen molar-refractivity contribution in [3.8, 4) is 5.82 Å². The second kappa shape index (κ2) is 9.23. The Morgan fingerprint density at radius 1 is 0.963 bits per heavy atom. The third kappa shape index (κ3) is 5.23. The summed E-state index contributed by atoms with van der Waals surface area (Å²) in [5, 5.41) is 8.04. The van der Waals surface area contributed by atoms with Gasteiger partial charge in [-0.2, -0.15) is 5.10 Å². The molecule has 146 valence electrons. The molecular weight excluding hydrogens is 346 g/mol. The lowest BCUT2D eigenvalue weighted by molar-refractivity contribution is 0.0336. The molecule has 1 N–H and O–H groups in total. The summed E-state index contributed by atoms with van der Waals surface area (Å²) in [6, 6.07) is 3.98. The van der Waals surface area contributed by atoms with Gasteiger partial charge in [-0.05, 0) is 6.07 Å². The first-order chi connectivity index (χ1) is 13.4.